The van der Waals surface area contributed by atoms with Gasteiger partial charge < -0.3 is 15.4 Å². The Bertz CT molecular complexity index is 1070. The van der Waals surface area contributed by atoms with Crippen LogP contribution in [0.5, 0.6) is 5.75 Å². The van der Waals surface area contributed by atoms with Gasteiger partial charge in [-0.2, -0.15) is 27.1 Å². The maximum atomic E-state index is 13.2. The molecule has 0 saturated heterocycles. The molecule has 1 amide bonds. The van der Waals surface area contributed by atoms with Gasteiger partial charge in [0, 0.05) is 25.4 Å². The number of hydrogen-bond donors (Lipinski definition) is 2. The van der Waals surface area contributed by atoms with Crippen LogP contribution in [-0.2, 0) is 6.54 Å². The van der Waals surface area contributed by atoms with E-state index in [1.54, 1.807) is 6.92 Å². The van der Waals surface area contributed by atoms with Crippen molar-refractivity contribution in [1.29, 1.82) is 0 Å². The topological polar surface area (TPSA) is 81.1 Å². The Balaban J connectivity index is 1.90. The molecule has 1 fully saturated rings. The van der Waals surface area contributed by atoms with Crippen LogP contribution in [0.4, 0.5) is 27.8 Å². The van der Waals surface area contributed by atoms with E-state index in [1.807, 2.05) is 0 Å². The first-order valence-electron chi connectivity index (χ1n) is 12.3. The Morgan fingerprint density at radius 2 is 1.92 bits per heavy atom. The first kappa shape index (κ1) is 28.9. The third-order valence-corrected chi connectivity index (χ3v) is 6.92. The summed E-state index contributed by atoms with van der Waals surface area (Å²) < 4.78 is 71.9. The number of nitrogens with zero attached hydrogens (tertiary/aromatic N) is 3. The summed E-state index contributed by atoms with van der Waals surface area (Å²) in [5, 5.41) is 9.21. The van der Waals surface area contributed by atoms with Crippen molar-refractivity contribution in [1.82, 2.24) is 20.1 Å². The second-order valence-electron chi connectivity index (χ2n) is 9.25. The average molecular weight is 552 g/mol. The number of hydrogen-bond acceptors (Lipinski definition) is 5. The van der Waals surface area contributed by atoms with Crippen LogP contribution in [0.3, 0.4) is 0 Å². The van der Waals surface area contributed by atoms with Gasteiger partial charge in [-0.1, -0.05) is 38.3 Å². The average Bonchev–Trinajstić information content (AvgIpc) is 3.17. The molecule has 1 aliphatic carbocycles. The van der Waals surface area contributed by atoms with Crippen molar-refractivity contribution in [2.45, 2.75) is 78.2 Å². The minimum atomic E-state index is -4.57. The van der Waals surface area contributed by atoms with E-state index in [4.69, 9.17) is 11.6 Å². The normalized spacial score (nSPS) is 19.1. The zero-order chi connectivity index (χ0) is 27.3. The highest BCUT2D eigenvalue weighted by Crippen LogP contribution is 2.39. The fraction of sp³-hybridized carbons (Fsp3) is 0.625. The Morgan fingerprint density at radius 1 is 1.24 bits per heavy atom. The van der Waals surface area contributed by atoms with Gasteiger partial charge in [-0.05, 0) is 38.0 Å². The zero-order valence-electron chi connectivity index (χ0n) is 20.8. The Hall–Kier alpha value is -2.63. The van der Waals surface area contributed by atoms with Gasteiger partial charge in [0.15, 0.2) is 5.69 Å². The summed E-state index contributed by atoms with van der Waals surface area (Å²) in [6, 6.07) is -0.985. The lowest BCUT2D eigenvalue weighted by atomic mass is 9.83. The van der Waals surface area contributed by atoms with Crippen LogP contribution in [0.2, 0.25) is 5.02 Å². The fourth-order valence-corrected chi connectivity index (χ4v) is 4.73. The van der Waals surface area contributed by atoms with Crippen molar-refractivity contribution in [2.24, 2.45) is 11.8 Å². The van der Waals surface area contributed by atoms with E-state index in [1.165, 1.54) is 11.6 Å². The molecule has 3 rings (SSSR count). The lowest BCUT2D eigenvalue weighted by Crippen LogP contribution is -2.35. The van der Waals surface area contributed by atoms with Gasteiger partial charge in [0.25, 0.3) is 5.91 Å². The van der Waals surface area contributed by atoms with Crippen molar-refractivity contribution < 1.29 is 31.5 Å². The number of pyridine rings is 1. The first-order valence-corrected chi connectivity index (χ1v) is 12.6. The molecule has 0 bridgehead atoms. The first-order chi connectivity index (χ1) is 17.4. The highest BCUT2D eigenvalue weighted by atomic mass is 35.5. The molecule has 0 unspecified atom stereocenters. The molecule has 2 aromatic rings. The standard InChI is InChI=1S/C24H31ClF5N5O2/c1-4-17(24(28,29)30)33-18-10-16(37-23(26)27)15(12-31-18)21-19(25)20(34-35(21)5-2)22(36)32-11-14-8-6-13(3)7-9-14/h10,12-14,17,23H,4-9,11H2,1-3H3,(H,31,33)(H,32,36)/t13?,14?,17-/m0/s1. The second kappa shape index (κ2) is 12.3. The summed E-state index contributed by atoms with van der Waals surface area (Å²) in [5.41, 5.74) is -0.0278. The molecule has 7 nitrogen and oxygen atoms in total. The third-order valence-electron chi connectivity index (χ3n) is 6.56. The number of aromatic nitrogens is 3. The van der Waals surface area contributed by atoms with Crippen LogP contribution < -0.4 is 15.4 Å². The number of nitrogens with one attached hydrogen (secondary N) is 2. The van der Waals surface area contributed by atoms with Gasteiger partial charge in [-0.15, -0.1) is 0 Å². The van der Waals surface area contributed by atoms with Crippen molar-refractivity contribution in [3.8, 4) is 17.0 Å². The van der Waals surface area contributed by atoms with Gasteiger partial charge in [-0.25, -0.2) is 4.98 Å². The molecule has 37 heavy (non-hydrogen) atoms. The molecular weight excluding hydrogens is 521 g/mol. The number of ether oxygens (including phenoxy) is 1. The molecule has 0 spiro atoms. The minimum Gasteiger partial charge on any atom is -0.434 e. The molecule has 0 radical (unpaired) electrons. The maximum Gasteiger partial charge on any atom is 0.408 e. The molecule has 0 aromatic carbocycles. The van der Waals surface area contributed by atoms with Crippen molar-refractivity contribution >= 4 is 23.3 Å². The fourth-order valence-electron chi connectivity index (χ4n) is 4.41. The van der Waals surface area contributed by atoms with Gasteiger partial charge in [0.2, 0.25) is 0 Å². The maximum absolute atomic E-state index is 13.2. The monoisotopic (exact) mass is 551 g/mol. The lowest BCUT2D eigenvalue weighted by molar-refractivity contribution is -0.142. The Labute approximate surface area is 217 Å². The van der Waals surface area contributed by atoms with Crippen molar-refractivity contribution in [3.63, 3.8) is 0 Å². The molecule has 1 saturated carbocycles. The van der Waals surface area contributed by atoms with Crippen LogP contribution in [0.25, 0.3) is 11.3 Å². The van der Waals surface area contributed by atoms with E-state index in [0.717, 1.165) is 37.9 Å². The Kier molecular flexibility index (Phi) is 9.60. The number of aryl methyl sites for hydroxylation is 1. The molecule has 2 heterocycles. The van der Waals surface area contributed by atoms with E-state index >= 15 is 0 Å². The van der Waals surface area contributed by atoms with Gasteiger partial charge in [0.05, 0.1) is 16.3 Å². The van der Waals surface area contributed by atoms with Gasteiger partial charge >= 0.3 is 12.8 Å². The predicted octanol–water partition coefficient (Wildman–Crippen LogP) is 6.53. The van der Waals surface area contributed by atoms with Gasteiger partial charge in [0.1, 0.15) is 17.6 Å². The summed E-state index contributed by atoms with van der Waals surface area (Å²) in [6.45, 7) is 2.67. The summed E-state index contributed by atoms with van der Waals surface area (Å²) in [4.78, 5) is 16.9. The molecule has 206 valence electrons. The smallest absolute Gasteiger partial charge is 0.408 e. The van der Waals surface area contributed by atoms with Crippen LogP contribution >= 0.6 is 11.6 Å². The van der Waals surface area contributed by atoms with Crippen LogP contribution in [-0.4, -0.2) is 46.0 Å². The lowest BCUT2D eigenvalue weighted by Gasteiger charge is -2.26. The highest BCUT2D eigenvalue weighted by molar-refractivity contribution is 6.36. The van der Waals surface area contributed by atoms with E-state index in [9.17, 15) is 26.7 Å². The number of alkyl halides is 5. The second-order valence-corrected chi connectivity index (χ2v) is 9.63. The van der Waals surface area contributed by atoms with Crippen molar-refractivity contribution in [2.75, 3.05) is 11.9 Å². The molecule has 0 aliphatic heterocycles. The number of carbonyl (C=O) groups is 1. The highest BCUT2D eigenvalue weighted by Gasteiger charge is 2.38. The van der Waals surface area contributed by atoms with Crippen LogP contribution in [0, 0.1) is 11.8 Å². The third kappa shape index (κ3) is 7.24. The molecule has 1 aliphatic rings. The number of amides is 1. The SMILES string of the molecule is CC[C@H](Nc1cc(OC(F)F)c(-c2c(Cl)c(C(=O)NCC3CCC(C)CC3)nn2CC)cn1)C(F)(F)F. The van der Waals surface area contributed by atoms with Crippen LogP contribution in [0.1, 0.15) is 63.4 Å². The molecule has 2 aromatic heterocycles. The van der Waals surface area contributed by atoms with Crippen molar-refractivity contribution in [3.05, 3.63) is 23.0 Å². The molecular formula is C24H31ClF5N5O2. The molecule has 13 heteroatoms. The number of carbonyl (C=O) groups excluding carboxylic acids is 1. The number of halogens is 6. The van der Waals surface area contributed by atoms with E-state index < -0.39 is 30.5 Å². The van der Waals surface area contributed by atoms with E-state index in [0.29, 0.717) is 18.4 Å². The zero-order valence-corrected chi connectivity index (χ0v) is 21.6. The summed E-state index contributed by atoms with van der Waals surface area (Å²) in [7, 11) is 0. The van der Waals surface area contributed by atoms with Crippen LogP contribution in [0.15, 0.2) is 12.3 Å². The van der Waals surface area contributed by atoms with E-state index in [-0.39, 0.29) is 40.8 Å². The number of rotatable bonds is 10. The number of anilines is 1. The quantitative estimate of drug-likeness (QED) is 0.328. The minimum absolute atomic E-state index is 0.0365. The Morgan fingerprint density at radius 3 is 2.49 bits per heavy atom. The largest absolute Gasteiger partial charge is 0.434 e. The summed E-state index contributed by atoms with van der Waals surface area (Å²) in [6.07, 6.45) is 0.426. The van der Waals surface area contributed by atoms with E-state index in [2.05, 4.69) is 32.4 Å². The predicted molar refractivity (Wildman–Crippen MR) is 130 cm³/mol. The van der Waals surface area contributed by atoms with Gasteiger partial charge in [-0.3, -0.25) is 9.48 Å². The molecule has 2 N–H and O–H groups in total. The summed E-state index contributed by atoms with van der Waals surface area (Å²) >= 11 is 6.51. The summed E-state index contributed by atoms with van der Waals surface area (Å²) in [5.74, 6) is -0.238. The molecule has 1 atom stereocenters.